The number of hydrogen-bond acceptors (Lipinski definition) is 4. The average Bonchev–Trinajstić information content (AvgIpc) is 3.52. The monoisotopic (exact) mass is 425 g/mol. The second-order valence-corrected chi connectivity index (χ2v) is 8.27. The van der Waals surface area contributed by atoms with Crippen LogP contribution < -0.4 is 0 Å². The largest absolute Gasteiger partial charge is 0.450 e. The fourth-order valence-corrected chi connectivity index (χ4v) is 4.99. The number of aromatic nitrogens is 3. The fourth-order valence-electron chi connectivity index (χ4n) is 4.99. The van der Waals surface area contributed by atoms with Crippen molar-refractivity contribution in [3.05, 3.63) is 91.1 Å². The molecule has 0 N–H and O–H groups in total. The molecule has 0 fully saturated rings. The summed E-state index contributed by atoms with van der Waals surface area (Å²) in [7, 11) is 0. The summed E-state index contributed by atoms with van der Waals surface area (Å²) in [6, 6.07) is 28.5. The molecular weight excluding hydrogens is 410 g/mol. The lowest BCUT2D eigenvalue weighted by molar-refractivity contribution is 0.634. The number of para-hydroxylation sites is 2. The molecule has 0 unspecified atom stereocenters. The topological polar surface area (TPSA) is 57.0 Å². The number of pyridine rings is 2. The van der Waals surface area contributed by atoms with Crippen LogP contribution in [0.3, 0.4) is 0 Å². The zero-order chi connectivity index (χ0) is 21.5. The van der Waals surface area contributed by atoms with Crippen LogP contribution in [0.5, 0.6) is 0 Å². The zero-order valence-corrected chi connectivity index (χ0v) is 17.3. The third kappa shape index (κ3) is 2.16. The Bertz CT molecular complexity index is 1950. The molecule has 0 spiro atoms. The highest BCUT2D eigenvalue weighted by Gasteiger charge is 2.25. The summed E-state index contributed by atoms with van der Waals surface area (Å²) in [5.41, 5.74) is 6.82. The molecule has 5 heteroatoms. The molecule has 3 aromatic carbocycles. The SMILES string of the molecule is c1cnc2c(c1)ccc1ccc(-n3c4c5ccccc5oc4c4oc5ccccc5c43)nc12. The lowest BCUT2D eigenvalue weighted by atomic mass is 10.1. The predicted octanol–water partition coefficient (Wildman–Crippen LogP) is 7.37. The number of furan rings is 2. The van der Waals surface area contributed by atoms with Crippen molar-refractivity contribution in [3.63, 3.8) is 0 Å². The molecule has 5 heterocycles. The van der Waals surface area contributed by atoms with E-state index in [0.29, 0.717) is 0 Å². The van der Waals surface area contributed by atoms with Crippen LogP contribution in [0.15, 0.2) is 100.0 Å². The van der Waals surface area contributed by atoms with Crippen LogP contribution in [0.2, 0.25) is 0 Å². The van der Waals surface area contributed by atoms with Gasteiger partial charge in [-0.05, 0) is 42.5 Å². The maximum Gasteiger partial charge on any atom is 0.196 e. The first-order valence-corrected chi connectivity index (χ1v) is 10.8. The summed E-state index contributed by atoms with van der Waals surface area (Å²) in [5, 5.41) is 4.18. The van der Waals surface area contributed by atoms with E-state index >= 15 is 0 Å². The molecule has 0 radical (unpaired) electrons. The summed E-state index contributed by atoms with van der Waals surface area (Å²) >= 11 is 0. The summed E-state index contributed by atoms with van der Waals surface area (Å²) < 4.78 is 14.8. The lowest BCUT2D eigenvalue weighted by Gasteiger charge is -2.08. The van der Waals surface area contributed by atoms with Gasteiger partial charge in [0, 0.05) is 27.7 Å². The summed E-state index contributed by atoms with van der Waals surface area (Å²) in [4.78, 5) is 9.76. The van der Waals surface area contributed by atoms with E-state index in [0.717, 1.165) is 71.8 Å². The average molecular weight is 425 g/mol. The molecule has 0 saturated heterocycles. The third-order valence-corrected chi connectivity index (χ3v) is 6.44. The van der Waals surface area contributed by atoms with Crippen molar-refractivity contribution in [3.8, 4) is 5.82 Å². The van der Waals surface area contributed by atoms with Gasteiger partial charge in [-0.3, -0.25) is 9.55 Å². The second kappa shape index (κ2) is 5.99. The molecule has 33 heavy (non-hydrogen) atoms. The standard InChI is InChI=1S/C28H15N3O2/c1-3-9-20-18(7-1)25-27(32-20)28-26(19-8-2-4-10-21(19)33-28)31(25)22-14-13-17-12-11-16-6-5-15-29-23(16)24(17)30-22/h1-15H. The smallest absolute Gasteiger partial charge is 0.196 e. The number of rotatable bonds is 1. The van der Waals surface area contributed by atoms with Gasteiger partial charge in [0.1, 0.15) is 28.0 Å². The maximum absolute atomic E-state index is 6.30. The molecule has 8 rings (SSSR count). The zero-order valence-electron chi connectivity index (χ0n) is 17.3. The molecule has 5 aromatic heterocycles. The first kappa shape index (κ1) is 17.0. The minimum Gasteiger partial charge on any atom is -0.450 e. The van der Waals surface area contributed by atoms with E-state index in [9.17, 15) is 0 Å². The third-order valence-electron chi connectivity index (χ3n) is 6.44. The van der Waals surface area contributed by atoms with Gasteiger partial charge in [0.2, 0.25) is 0 Å². The van der Waals surface area contributed by atoms with Crippen LogP contribution in [-0.4, -0.2) is 14.5 Å². The lowest BCUT2D eigenvalue weighted by Crippen LogP contribution is -1.98. The Morgan fingerprint density at radius 1 is 0.576 bits per heavy atom. The normalized spacial score (nSPS) is 12.2. The molecule has 154 valence electrons. The minimum atomic E-state index is 0.736. The van der Waals surface area contributed by atoms with Crippen molar-refractivity contribution in [2.24, 2.45) is 0 Å². The first-order chi connectivity index (χ1) is 16.4. The molecule has 8 aromatic rings. The van der Waals surface area contributed by atoms with Crippen LogP contribution in [-0.2, 0) is 0 Å². The Morgan fingerprint density at radius 2 is 1.18 bits per heavy atom. The van der Waals surface area contributed by atoms with E-state index in [1.165, 1.54) is 0 Å². The highest BCUT2D eigenvalue weighted by molar-refractivity contribution is 6.20. The van der Waals surface area contributed by atoms with E-state index in [-0.39, 0.29) is 0 Å². The molecule has 5 nitrogen and oxygen atoms in total. The van der Waals surface area contributed by atoms with Crippen LogP contribution in [0.1, 0.15) is 0 Å². The number of benzene rings is 3. The Morgan fingerprint density at radius 3 is 1.88 bits per heavy atom. The Labute approximate surface area is 186 Å². The summed E-state index contributed by atoms with van der Waals surface area (Å²) in [6.45, 7) is 0. The van der Waals surface area contributed by atoms with Crippen molar-refractivity contribution in [2.45, 2.75) is 0 Å². The van der Waals surface area contributed by atoms with Gasteiger partial charge in [-0.15, -0.1) is 0 Å². The van der Waals surface area contributed by atoms with Gasteiger partial charge in [-0.25, -0.2) is 4.98 Å². The maximum atomic E-state index is 6.30. The van der Waals surface area contributed by atoms with E-state index in [4.69, 9.17) is 13.8 Å². The number of nitrogens with zero attached hydrogens (tertiary/aromatic N) is 3. The van der Waals surface area contributed by atoms with Crippen LogP contribution >= 0.6 is 0 Å². The summed E-state index contributed by atoms with van der Waals surface area (Å²) in [5.74, 6) is 0.804. The van der Waals surface area contributed by atoms with E-state index in [2.05, 4.69) is 52.0 Å². The van der Waals surface area contributed by atoms with Gasteiger partial charge in [0.25, 0.3) is 0 Å². The number of fused-ring (bicyclic) bond motifs is 10. The molecule has 0 amide bonds. The molecule has 0 saturated carbocycles. The molecule has 0 aliphatic heterocycles. The van der Waals surface area contributed by atoms with Crippen molar-refractivity contribution in [2.75, 3.05) is 0 Å². The Balaban J connectivity index is 1.60. The first-order valence-electron chi connectivity index (χ1n) is 10.8. The predicted molar refractivity (Wildman–Crippen MR) is 131 cm³/mol. The van der Waals surface area contributed by atoms with Crippen molar-refractivity contribution in [1.82, 2.24) is 14.5 Å². The second-order valence-electron chi connectivity index (χ2n) is 8.27. The van der Waals surface area contributed by atoms with Gasteiger partial charge >= 0.3 is 0 Å². The molecule has 0 bridgehead atoms. The highest BCUT2D eigenvalue weighted by atomic mass is 16.4. The van der Waals surface area contributed by atoms with Crippen LogP contribution in [0, 0.1) is 0 Å². The van der Waals surface area contributed by atoms with Gasteiger partial charge in [-0.1, -0.05) is 42.5 Å². The molecular formula is C28H15N3O2. The van der Waals surface area contributed by atoms with Crippen molar-refractivity contribution >= 4 is 65.9 Å². The minimum absolute atomic E-state index is 0.736. The van der Waals surface area contributed by atoms with Gasteiger partial charge in [0.05, 0.1) is 11.0 Å². The van der Waals surface area contributed by atoms with Crippen molar-refractivity contribution < 1.29 is 8.83 Å². The van der Waals surface area contributed by atoms with Gasteiger partial charge in [-0.2, -0.15) is 0 Å². The van der Waals surface area contributed by atoms with Gasteiger partial charge < -0.3 is 8.83 Å². The van der Waals surface area contributed by atoms with E-state index in [1.54, 1.807) is 0 Å². The molecule has 0 atom stereocenters. The quantitative estimate of drug-likeness (QED) is 0.258. The highest BCUT2D eigenvalue weighted by Crippen LogP contribution is 2.42. The Hall–Kier alpha value is -4.64. The summed E-state index contributed by atoms with van der Waals surface area (Å²) in [6.07, 6.45) is 1.81. The molecule has 0 aliphatic carbocycles. The van der Waals surface area contributed by atoms with Crippen LogP contribution in [0.25, 0.3) is 71.8 Å². The van der Waals surface area contributed by atoms with Crippen LogP contribution in [0.4, 0.5) is 0 Å². The van der Waals surface area contributed by atoms with Crippen molar-refractivity contribution in [1.29, 1.82) is 0 Å². The molecule has 0 aliphatic rings. The van der Waals surface area contributed by atoms with Gasteiger partial charge in [0.15, 0.2) is 11.2 Å². The Kier molecular flexibility index (Phi) is 3.08. The fraction of sp³-hybridized carbons (Fsp3) is 0. The van der Waals surface area contributed by atoms with E-state index in [1.807, 2.05) is 48.7 Å². The number of hydrogen-bond donors (Lipinski definition) is 0. The van der Waals surface area contributed by atoms with E-state index < -0.39 is 0 Å².